The van der Waals surface area contributed by atoms with Gasteiger partial charge in [0.05, 0.1) is 17.6 Å². The summed E-state index contributed by atoms with van der Waals surface area (Å²) in [5.41, 5.74) is 1.01. The standard InChI is InChI=1S/C11H13NO4/c13-5-3-8-4-6-16-11-7-9(12(14)15)1-2-10(8)11/h1-2,7-8,13H,3-6H2/t8-/m0/s1. The van der Waals surface area contributed by atoms with Crippen molar-refractivity contribution < 1.29 is 14.8 Å². The van der Waals surface area contributed by atoms with Crippen molar-refractivity contribution >= 4 is 5.69 Å². The molecule has 0 aliphatic carbocycles. The lowest BCUT2D eigenvalue weighted by Gasteiger charge is -2.25. The van der Waals surface area contributed by atoms with Gasteiger partial charge in [0.15, 0.2) is 0 Å². The molecular formula is C11H13NO4. The third-order valence-corrected chi connectivity index (χ3v) is 2.85. The number of rotatable bonds is 3. The SMILES string of the molecule is O=[N+]([O-])c1ccc2c(c1)OCC[C@@H]2CCO. The monoisotopic (exact) mass is 223 g/mol. The third kappa shape index (κ3) is 1.99. The van der Waals surface area contributed by atoms with Gasteiger partial charge in [-0.15, -0.1) is 0 Å². The molecule has 1 aliphatic heterocycles. The van der Waals surface area contributed by atoms with E-state index in [4.69, 9.17) is 9.84 Å². The van der Waals surface area contributed by atoms with Gasteiger partial charge in [-0.2, -0.15) is 0 Å². The van der Waals surface area contributed by atoms with Gasteiger partial charge in [-0.25, -0.2) is 0 Å². The second kappa shape index (κ2) is 4.49. The van der Waals surface area contributed by atoms with Crippen LogP contribution in [0.4, 0.5) is 5.69 Å². The summed E-state index contributed by atoms with van der Waals surface area (Å²) < 4.78 is 5.40. The molecule has 5 nitrogen and oxygen atoms in total. The normalized spacial score (nSPS) is 18.7. The lowest BCUT2D eigenvalue weighted by Crippen LogP contribution is -2.15. The maximum atomic E-state index is 10.6. The number of aliphatic hydroxyl groups excluding tert-OH is 1. The number of non-ortho nitro benzene ring substituents is 1. The van der Waals surface area contributed by atoms with Gasteiger partial charge in [0.1, 0.15) is 5.75 Å². The number of nitro benzene ring substituents is 1. The van der Waals surface area contributed by atoms with Crippen LogP contribution in [0.15, 0.2) is 18.2 Å². The van der Waals surface area contributed by atoms with E-state index in [-0.39, 0.29) is 18.2 Å². The van der Waals surface area contributed by atoms with Crippen LogP contribution >= 0.6 is 0 Å². The number of fused-ring (bicyclic) bond motifs is 1. The molecule has 1 aliphatic rings. The van der Waals surface area contributed by atoms with Crippen LogP contribution in [0.3, 0.4) is 0 Å². The number of hydrogen-bond donors (Lipinski definition) is 1. The quantitative estimate of drug-likeness (QED) is 0.626. The molecule has 86 valence electrons. The van der Waals surface area contributed by atoms with E-state index in [1.54, 1.807) is 6.07 Å². The van der Waals surface area contributed by atoms with E-state index < -0.39 is 4.92 Å². The fraction of sp³-hybridized carbons (Fsp3) is 0.455. The molecular weight excluding hydrogens is 210 g/mol. The Balaban J connectivity index is 2.32. The minimum atomic E-state index is -0.431. The fourth-order valence-electron chi connectivity index (χ4n) is 2.02. The van der Waals surface area contributed by atoms with Gasteiger partial charge < -0.3 is 9.84 Å². The van der Waals surface area contributed by atoms with Crippen molar-refractivity contribution in [3.05, 3.63) is 33.9 Å². The minimum Gasteiger partial charge on any atom is -0.493 e. The lowest BCUT2D eigenvalue weighted by molar-refractivity contribution is -0.385. The lowest BCUT2D eigenvalue weighted by atomic mass is 9.90. The smallest absolute Gasteiger partial charge is 0.273 e. The molecule has 1 aromatic carbocycles. The van der Waals surface area contributed by atoms with E-state index in [1.807, 2.05) is 0 Å². The maximum Gasteiger partial charge on any atom is 0.273 e. The summed E-state index contributed by atoms with van der Waals surface area (Å²) in [5.74, 6) is 0.827. The first-order valence-corrected chi connectivity index (χ1v) is 5.24. The van der Waals surface area contributed by atoms with E-state index in [0.29, 0.717) is 18.8 Å². The molecule has 0 saturated heterocycles. The van der Waals surface area contributed by atoms with E-state index in [0.717, 1.165) is 12.0 Å². The predicted octanol–water partition coefficient (Wildman–Crippen LogP) is 1.84. The van der Waals surface area contributed by atoms with Gasteiger partial charge in [-0.1, -0.05) is 0 Å². The van der Waals surface area contributed by atoms with Crippen LogP contribution in [0.1, 0.15) is 24.3 Å². The molecule has 2 rings (SSSR count). The van der Waals surface area contributed by atoms with Crippen molar-refractivity contribution in [3.8, 4) is 5.75 Å². The van der Waals surface area contributed by atoms with Crippen molar-refractivity contribution in [1.29, 1.82) is 0 Å². The average molecular weight is 223 g/mol. The Labute approximate surface area is 92.8 Å². The Morgan fingerprint density at radius 3 is 3.06 bits per heavy atom. The first-order chi connectivity index (χ1) is 7.72. The molecule has 0 bridgehead atoms. The van der Waals surface area contributed by atoms with Crippen LogP contribution in [0.25, 0.3) is 0 Å². The molecule has 1 atom stereocenters. The fourth-order valence-corrected chi connectivity index (χ4v) is 2.02. The largest absolute Gasteiger partial charge is 0.493 e. The van der Waals surface area contributed by atoms with Gasteiger partial charge in [-0.3, -0.25) is 10.1 Å². The zero-order valence-electron chi connectivity index (χ0n) is 8.76. The first-order valence-electron chi connectivity index (χ1n) is 5.24. The second-order valence-electron chi connectivity index (χ2n) is 3.83. The number of aliphatic hydroxyl groups is 1. The number of nitrogens with zero attached hydrogens (tertiary/aromatic N) is 1. The second-order valence-corrected chi connectivity index (χ2v) is 3.83. The first kappa shape index (κ1) is 10.9. The van der Waals surface area contributed by atoms with Gasteiger partial charge in [-0.05, 0) is 30.4 Å². The molecule has 0 amide bonds. The zero-order chi connectivity index (χ0) is 11.5. The number of nitro groups is 1. The Morgan fingerprint density at radius 1 is 1.56 bits per heavy atom. The molecule has 1 heterocycles. The highest BCUT2D eigenvalue weighted by atomic mass is 16.6. The molecule has 0 saturated carbocycles. The Morgan fingerprint density at radius 2 is 2.38 bits per heavy atom. The molecule has 0 fully saturated rings. The Hall–Kier alpha value is -1.62. The predicted molar refractivity (Wildman–Crippen MR) is 57.7 cm³/mol. The molecule has 0 unspecified atom stereocenters. The summed E-state index contributed by atoms with van der Waals surface area (Å²) in [6.45, 7) is 0.680. The van der Waals surface area contributed by atoms with Crippen LogP contribution in [-0.4, -0.2) is 23.2 Å². The molecule has 5 heteroatoms. The van der Waals surface area contributed by atoms with Gasteiger partial charge in [0.25, 0.3) is 5.69 Å². The van der Waals surface area contributed by atoms with Gasteiger partial charge in [0.2, 0.25) is 0 Å². The highest BCUT2D eigenvalue weighted by Crippen LogP contribution is 2.37. The van der Waals surface area contributed by atoms with Crippen molar-refractivity contribution in [3.63, 3.8) is 0 Å². The molecule has 16 heavy (non-hydrogen) atoms. The molecule has 1 aromatic rings. The highest BCUT2D eigenvalue weighted by molar-refractivity contribution is 5.46. The summed E-state index contributed by atoms with van der Waals surface area (Å²) in [7, 11) is 0. The molecule has 1 N–H and O–H groups in total. The van der Waals surface area contributed by atoms with Gasteiger partial charge >= 0.3 is 0 Å². The summed E-state index contributed by atoms with van der Waals surface area (Å²) in [4.78, 5) is 10.2. The number of benzene rings is 1. The topological polar surface area (TPSA) is 72.6 Å². The van der Waals surface area contributed by atoms with Crippen LogP contribution in [0.2, 0.25) is 0 Å². The minimum absolute atomic E-state index is 0.0448. The Bertz CT molecular complexity index is 405. The zero-order valence-corrected chi connectivity index (χ0v) is 8.76. The van der Waals surface area contributed by atoms with Crippen molar-refractivity contribution in [2.45, 2.75) is 18.8 Å². The molecule has 0 spiro atoms. The highest BCUT2D eigenvalue weighted by Gasteiger charge is 2.23. The van der Waals surface area contributed by atoms with Crippen molar-refractivity contribution in [2.75, 3.05) is 13.2 Å². The van der Waals surface area contributed by atoms with E-state index >= 15 is 0 Å². The number of ether oxygens (including phenoxy) is 1. The summed E-state index contributed by atoms with van der Waals surface area (Å²) in [6, 6.07) is 4.67. The molecule has 0 radical (unpaired) electrons. The average Bonchev–Trinajstić information content (AvgIpc) is 2.29. The van der Waals surface area contributed by atoms with Crippen LogP contribution < -0.4 is 4.74 Å². The van der Waals surface area contributed by atoms with Crippen LogP contribution in [0.5, 0.6) is 5.75 Å². The maximum absolute atomic E-state index is 10.6. The van der Waals surface area contributed by atoms with E-state index in [1.165, 1.54) is 12.1 Å². The van der Waals surface area contributed by atoms with E-state index in [2.05, 4.69) is 0 Å². The number of hydrogen-bond acceptors (Lipinski definition) is 4. The van der Waals surface area contributed by atoms with Crippen LogP contribution in [0, 0.1) is 10.1 Å². The molecule has 0 aromatic heterocycles. The summed E-state index contributed by atoms with van der Waals surface area (Å²) in [6.07, 6.45) is 1.53. The van der Waals surface area contributed by atoms with E-state index in [9.17, 15) is 10.1 Å². The summed E-state index contributed by atoms with van der Waals surface area (Å²) in [5, 5.41) is 19.5. The summed E-state index contributed by atoms with van der Waals surface area (Å²) >= 11 is 0. The van der Waals surface area contributed by atoms with Crippen LogP contribution in [-0.2, 0) is 0 Å². The van der Waals surface area contributed by atoms with Gasteiger partial charge in [0, 0.05) is 12.7 Å². The van der Waals surface area contributed by atoms with Crippen molar-refractivity contribution in [2.24, 2.45) is 0 Å². The third-order valence-electron chi connectivity index (χ3n) is 2.85. The van der Waals surface area contributed by atoms with Crippen molar-refractivity contribution in [1.82, 2.24) is 0 Å². The Kier molecular flexibility index (Phi) is 3.05.